The van der Waals surface area contributed by atoms with Crippen LogP contribution in [0.1, 0.15) is 36.0 Å². The van der Waals surface area contributed by atoms with Gasteiger partial charge in [0.2, 0.25) is 0 Å². The highest BCUT2D eigenvalue weighted by Gasteiger charge is 2.38. The molecule has 0 radical (unpaired) electrons. The molecule has 0 spiro atoms. The minimum atomic E-state index is -0.440. The molecule has 0 saturated heterocycles. The molecule has 5 heteroatoms. The summed E-state index contributed by atoms with van der Waals surface area (Å²) >= 11 is 5.81. The highest BCUT2D eigenvalue weighted by atomic mass is 35.5. The second-order valence-corrected chi connectivity index (χ2v) is 6.16. The van der Waals surface area contributed by atoms with E-state index in [0.29, 0.717) is 10.9 Å². The van der Waals surface area contributed by atoms with E-state index in [1.807, 2.05) is 6.21 Å². The highest BCUT2D eigenvalue weighted by Crippen LogP contribution is 2.47. The number of carbonyl (C=O) groups excluding carboxylic acids is 1. The van der Waals surface area contributed by atoms with Crippen LogP contribution in [0.25, 0.3) is 0 Å². The lowest BCUT2D eigenvalue weighted by Gasteiger charge is -2.16. The van der Waals surface area contributed by atoms with Crippen LogP contribution in [0.4, 0.5) is 0 Å². The van der Waals surface area contributed by atoms with Crippen molar-refractivity contribution in [3.63, 3.8) is 0 Å². The van der Waals surface area contributed by atoms with Gasteiger partial charge < -0.3 is 5.11 Å². The van der Waals surface area contributed by atoms with Gasteiger partial charge in [-0.05, 0) is 55.2 Å². The van der Waals surface area contributed by atoms with E-state index in [9.17, 15) is 9.90 Å². The molecule has 20 heavy (non-hydrogen) atoms. The Labute approximate surface area is 122 Å². The number of amides is 1. The van der Waals surface area contributed by atoms with Gasteiger partial charge in [-0.3, -0.25) is 4.79 Å². The molecule has 1 aromatic rings. The zero-order valence-electron chi connectivity index (χ0n) is 11.1. The molecule has 2 fully saturated rings. The third-order valence-corrected chi connectivity index (χ3v) is 4.66. The van der Waals surface area contributed by atoms with Gasteiger partial charge in [0, 0.05) is 11.2 Å². The molecule has 0 unspecified atom stereocenters. The van der Waals surface area contributed by atoms with E-state index in [1.165, 1.54) is 43.9 Å². The number of hydrogen-bond donors (Lipinski definition) is 2. The minimum Gasteiger partial charge on any atom is -0.507 e. The minimum absolute atomic E-state index is 0.0953. The van der Waals surface area contributed by atoms with E-state index >= 15 is 0 Å². The molecule has 3 atom stereocenters. The maximum Gasteiger partial charge on any atom is 0.275 e. The fourth-order valence-electron chi connectivity index (χ4n) is 3.42. The number of phenols is 1. The molecule has 4 nitrogen and oxygen atoms in total. The van der Waals surface area contributed by atoms with Crippen molar-refractivity contribution in [3.05, 3.63) is 28.8 Å². The first kappa shape index (κ1) is 13.4. The first-order valence-electron chi connectivity index (χ1n) is 6.95. The summed E-state index contributed by atoms with van der Waals surface area (Å²) in [5.74, 6) is 1.54. The molecular formula is C15H17ClN2O2. The Morgan fingerprint density at radius 1 is 1.40 bits per heavy atom. The Bertz CT molecular complexity index is 559. The SMILES string of the molecule is O=C(N/N=C\[C@H]1C[C@@H]2CC[C@@H]1C2)c1cc(Cl)ccc1O. The van der Waals surface area contributed by atoms with Crippen LogP contribution in [0.3, 0.4) is 0 Å². The first-order valence-corrected chi connectivity index (χ1v) is 7.33. The molecule has 106 valence electrons. The average Bonchev–Trinajstić information content (AvgIpc) is 3.04. The fraction of sp³-hybridized carbons (Fsp3) is 0.467. The molecule has 2 aliphatic rings. The quantitative estimate of drug-likeness (QED) is 0.664. The number of hydrogen-bond acceptors (Lipinski definition) is 3. The predicted octanol–water partition coefficient (Wildman–Crippen LogP) is 3.20. The van der Waals surface area contributed by atoms with Gasteiger partial charge in [-0.2, -0.15) is 5.10 Å². The molecule has 1 aromatic carbocycles. The summed E-state index contributed by atoms with van der Waals surface area (Å²) in [5, 5.41) is 14.1. The summed E-state index contributed by atoms with van der Waals surface area (Å²) in [6.07, 6.45) is 6.97. The van der Waals surface area contributed by atoms with Gasteiger partial charge in [0.1, 0.15) is 5.75 Å². The van der Waals surface area contributed by atoms with Crippen molar-refractivity contribution < 1.29 is 9.90 Å². The van der Waals surface area contributed by atoms with Crippen molar-refractivity contribution in [2.75, 3.05) is 0 Å². The number of halogens is 1. The number of fused-ring (bicyclic) bond motifs is 2. The van der Waals surface area contributed by atoms with Crippen LogP contribution < -0.4 is 5.43 Å². The van der Waals surface area contributed by atoms with E-state index in [2.05, 4.69) is 10.5 Å². The topological polar surface area (TPSA) is 61.7 Å². The second-order valence-electron chi connectivity index (χ2n) is 5.72. The molecule has 1 amide bonds. The number of carbonyl (C=O) groups is 1. The lowest BCUT2D eigenvalue weighted by molar-refractivity contribution is 0.0952. The third-order valence-electron chi connectivity index (χ3n) is 4.43. The van der Waals surface area contributed by atoms with E-state index in [-0.39, 0.29) is 11.3 Å². The lowest BCUT2D eigenvalue weighted by Crippen LogP contribution is -2.20. The number of nitrogens with zero attached hydrogens (tertiary/aromatic N) is 1. The van der Waals surface area contributed by atoms with Crippen LogP contribution in [0.15, 0.2) is 23.3 Å². The van der Waals surface area contributed by atoms with Crippen molar-refractivity contribution in [2.45, 2.75) is 25.7 Å². The van der Waals surface area contributed by atoms with Gasteiger partial charge in [-0.15, -0.1) is 0 Å². The number of benzene rings is 1. The standard InChI is InChI=1S/C15H17ClN2O2/c16-12-3-4-14(19)13(7-12)15(20)18-17-8-11-6-9-1-2-10(11)5-9/h3-4,7-11,19H,1-2,5-6H2,(H,18,20)/b17-8-/t9-,10-,11-/m1/s1. The van der Waals surface area contributed by atoms with Crippen LogP contribution >= 0.6 is 11.6 Å². The fourth-order valence-corrected chi connectivity index (χ4v) is 3.59. The predicted molar refractivity (Wildman–Crippen MR) is 78.0 cm³/mol. The molecule has 2 aliphatic carbocycles. The van der Waals surface area contributed by atoms with Crippen molar-refractivity contribution in [3.8, 4) is 5.75 Å². The summed E-state index contributed by atoms with van der Waals surface area (Å²) in [6.45, 7) is 0. The monoisotopic (exact) mass is 292 g/mol. The molecule has 3 rings (SSSR count). The molecule has 0 heterocycles. The number of rotatable bonds is 3. The van der Waals surface area contributed by atoms with E-state index in [1.54, 1.807) is 0 Å². The first-order chi connectivity index (χ1) is 9.63. The maximum atomic E-state index is 11.9. The van der Waals surface area contributed by atoms with Gasteiger partial charge in [0.15, 0.2) is 0 Å². The van der Waals surface area contributed by atoms with Crippen LogP contribution in [0, 0.1) is 17.8 Å². The lowest BCUT2D eigenvalue weighted by atomic mass is 9.90. The third kappa shape index (κ3) is 2.66. The average molecular weight is 293 g/mol. The Morgan fingerprint density at radius 2 is 2.25 bits per heavy atom. The zero-order chi connectivity index (χ0) is 14.1. The normalized spacial score (nSPS) is 28.1. The second kappa shape index (κ2) is 5.44. The van der Waals surface area contributed by atoms with Crippen molar-refractivity contribution in [2.24, 2.45) is 22.9 Å². The number of nitrogens with one attached hydrogen (secondary N) is 1. The zero-order valence-corrected chi connectivity index (χ0v) is 11.8. The smallest absolute Gasteiger partial charge is 0.275 e. The number of aromatic hydroxyl groups is 1. The van der Waals surface area contributed by atoms with Crippen LogP contribution in [0.5, 0.6) is 5.75 Å². The van der Waals surface area contributed by atoms with Gasteiger partial charge >= 0.3 is 0 Å². The van der Waals surface area contributed by atoms with Gasteiger partial charge in [0.05, 0.1) is 5.56 Å². The number of hydrazone groups is 1. The Balaban J connectivity index is 1.60. The Hall–Kier alpha value is -1.55. The van der Waals surface area contributed by atoms with Crippen molar-refractivity contribution >= 4 is 23.7 Å². The van der Waals surface area contributed by atoms with Gasteiger partial charge in [-0.25, -0.2) is 5.43 Å². The summed E-state index contributed by atoms with van der Waals surface area (Å²) in [6, 6.07) is 4.36. The van der Waals surface area contributed by atoms with Crippen molar-refractivity contribution in [1.82, 2.24) is 5.43 Å². The van der Waals surface area contributed by atoms with E-state index < -0.39 is 5.91 Å². The largest absolute Gasteiger partial charge is 0.507 e. The van der Waals surface area contributed by atoms with Gasteiger partial charge in [0.25, 0.3) is 5.91 Å². The summed E-state index contributed by atoms with van der Waals surface area (Å²) in [7, 11) is 0. The molecule has 2 saturated carbocycles. The van der Waals surface area contributed by atoms with E-state index in [4.69, 9.17) is 11.6 Å². The maximum absolute atomic E-state index is 11.9. The Morgan fingerprint density at radius 3 is 2.95 bits per heavy atom. The molecular weight excluding hydrogens is 276 g/mol. The molecule has 2 bridgehead atoms. The molecule has 0 aliphatic heterocycles. The van der Waals surface area contributed by atoms with E-state index in [0.717, 1.165) is 11.8 Å². The summed E-state index contributed by atoms with van der Waals surface area (Å²) < 4.78 is 0. The van der Waals surface area contributed by atoms with Crippen LogP contribution in [-0.2, 0) is 0 Å². The Kier molecular flexibility index (Phi) is 3.66. The van der Waals surface area contributed by atoms with Crippen LogP contribution in [0.2, 0.25) is 5.02 Å². The molecule has 2 N–H and O–H groups in total. The summed E-state index contributed by atoms with van der Waals surface area (Å²) in [4.78, 5) is 11.9. The van der Waals surface area contributed by atoms with Gasteiger partial charge in [-0.1, -0.05) is 18.0 Å². The van der Waals surface area contributed by atoms with Crippen molar-refractivity contribution in [1.29, 1.82) is 0 Å². The highest BCUT2D eigenvalue weighted by molar-refractivity contribution is 6.31. The number of phenolic OH excluding ortho intramolecular Hbond substituents is 1. The molecule has 0 aromatic heterocycles. The van der Waals surface area contributed by atoms with Crippen LogP contribution in [-0.4, -0.2) is 17.2 Å². The summed E-state index contributed by atoms with van der Waals surface area (Å²) in [5.41, 5.74) is 2.61.